The van der Waals surface area contributed by atoms with Crippen molar-refractivity contribution in [2.45, 2.75) is 45.6 Å². The number of rotatable bonds is 4. The van der Waals surface area contributed by atoms with Gasteiger partial charge in [-0.25, -0.2) is 9.97 Å². The third-order valence-corrected chi connectivity index (χ3v) is 3.39. The second-order valence-electron chi connectivity index (χ2n) is 5.37. The van der Waals surface area contributed by atoms with Crippen LogP contribution in [0.1, 0.15) is 45.4 Å². The van der Waals surface area contributed by atoms with E-state index in [0.29, 0.717) is 5.92 Å². The van der Waals surface area contributed by atoms with Crippen molar-refractivity contribution >= 4 is 11.6 Å². The van der Waals surface area contributed by atoms with E-state index in [9.17, 15) is 5.11 Å². The molecule has 1 aliphatic heterocycles. The first-order valence-electron chi connectivity index (χ1n) is 7.16. The van der Waals surface area contributed by atoms with Crippen molar-refractivity contribution in [3.63, 3.8) is 0 Å². The highest BCUT2D eigenvalue weighted by Crippen LogP contribution is 2.23. The van der Waals surface area contributed by atoms with Gasteiger partial charge in [-0.1, -0.05) is 13.8 Å². The molecular formula is C14H24N4O. The Hall–Kier alpha value is -1.36. The van der Waals surface area contributed by atoms with Crippen molar-refractivity contribution in [3.8, 4) is 0 Å². The molecule has 2 heterocycles. The molecule has 0 aliphatic carbocycles. The minimum Gasteiger partial charge on any atom is -0.393 e. The number of nitrogens with one attached hydrogen (secondary N) is 1. The Labute approximate surface area is 115 Å². The van der Waals surface area contributed by atoms with E-state index in [0.717, 1.165) is 49.9 Å². The number of nitrogens with zero attached hydrogens (tertiary/aromatic N) is 3. The monoisotopic (exact) mass is 264 g/mol. The second-order valence-corrected chi connectivity index (χ2v) is 5.37. The Bertz CT molecular complexity index is 414. The van der Waals surface area contributed by atoms with Gasteiger partial charge in [0.05, 0.1) is 6.10 Å². The van der Waals surface area contributed by atoms with Gasteiger partial charge in [-0.05, 0) is 19.8 Å². The molecule has 0 bridgehead atoms. The van der Waals surface area contributed by atoms with E-state index >= 15 is 0 Å². The molecule has 19 heavy (non-hydrogen) atoms. The third-order valence-electron chi connectivity index (χ3n) is 3.39. The molecule has 1 fully saturated rings. The molecule has 106 valence electrons. The molecule has 2 N–H and O–H groups in total. The first-order valence-corrected chi connectivity index (χ1v) is 7.16. The number of hydrogen-bond acceptors (Lipinski definition) is 5. The summed E-state index contributed by atoms with van der Waals surface area (Å²) in [7, 11) is 0. The minimum atomic E-state index is -0.157. The Kier molecular flexibility index (Phi) is 4.58. The summed E-state index contributed by atoms with van der Waals surface area (Å²) in [4.78, 5) is 11.4. The van der Waals surface area contributed by atoms with Gasteiger partial charge in [-0.2, -0.15) is 0 Å². The maximum atomic E-state index is 9.58. The van der Waals surface area contributed by atoms with Gasteiger partial charge in [0.25, 0.3) is 0 Å². The lowest BCUT2D eigenvalue weighted by Crippen LogP contribution is -2.36. The zero-order valence-electron chi connectivity index (χ0n) is 12.1. The number of aromatic nitrogens is 2. The molecule has 0 saturated carbocycles. The predicted octanol–water partition coefficient (Wildman–Crippen LogP) is 1.99. The van der Waals surface area contributed by atoms with Crippen LogP contribution in [0.5, 0.6) is 0 Å². The molecule has 1 aliphatic rings. The molecule has 2 rings (SSSR count). The average Bonchev–Trinajstić information content (AvgIpc) is 2.39. The topological polar surface area (TPSA) is 61.3 Å². The molecule has 0 spiro atoms. The molecule has 0 unspecified atom stereocenters. The van der Waals surface area contributed by atoms with Crippen LogP contribution >= 0.6 is 0 Å². The van der Waals surface area contributed by atoms with E-state index in [1.54, 1.807) is 0 Å². The largest absolute Gasteiger partial charge is 0.393 e. The highest BCUT2D eigenvalue weighted by molar-refractivity contribution is 5.50. The van der Waals surface area contributed by atoms with Crippen LogP contribution < -0.4 is 10.2 Å². The van der Waals surface area contributed by atoms with Gasteiger partial charge in [-0.3, -0.25) is 0 Å². The lowest BCUT2D eigenvalue weighted by atomic mass is 10.1. The highest BCUT2D eigenvalue weighted by Gasteiger charge is 2.19. The van der Waals surface area contributed by atoms with Crippen LogP contribution in [-0.4, -0.2) is 40.8 Å². The van der Waals surface area contributed by atoms with Crippen LogP contribution in [0.15, 0.2) is 6.07 Å². The summed E-state index contributed by atoms with van der Waals surface area (Å²) in [6.45, 7) is 8.85. The van der Waals surface area contributed by atoms with E-state index in [1.807, 2.05) is 6.07 Å². The summed E-state index contributed by atoms with van der Waals surface area (Å²) in [5.41, 5.74) is 0. The normalized spacial score (nSPS) is 17.0. The predicted molar refractivity (Wildman–Crippen MR) is 77.7 cm³/mol. The van der Waals surface area contributed by atoms with Gasteiger partial charge in [0.1, 0.15) is 17.5 Å². The molecule has 1 saturated heterocycles. The zero-order chi connectivity index (χ0) is 13.8. The van der Waals surface area contributed by atoms with Crippen LogP contribution in [0, 0.1) is 0 Å². The summed E-state index contributed by atoms with van der Waals surface area (Å²) >= 11 is 0. The van der Waals surface area contributed by atoms with Gasteiger partial charge >= 0.3 is 0 Å². The average molecular weight is 264 g/mol. The van der Waals surface area contributed by atoms with Crippen LogP contribution in [0.4, 0.5) is 11.6 Å². The lowest BCUT2D eigenvalue weighted by molar-refractivity contribution is 0.145. The summed E-state index contributed by atoms with van der Waals surface area (Å²) < 4.78 is 0. The third kappa shape index (κ3) is 3.56. The Morgan fingerprint density at radius 2 is 2.05 bits per heavy atom. The fraction of sp³-hybridized carbons (Fsp3) is 0.714. The van der Waals surface area contributed by atoms with Crippen molar-refractivity contribution < 1.29 is 5.11 Å². The first kappa shape index (κ1) is 14.1. The van der Waals surface area contributed by atoms with Crippen molar-refractivity contribution in [1.29, 1.82) is 0 Å². The maximum absolute atomic E-state index is 9.58. The van der Waals surface area contributed by atoms with Crippen molar-refractivity contribution in [2.75, 3.05) is 29.9 Å². The Balaban J connectivity index is 2.23. The van der Waals surface area contributed by atoms with Gasteiger partial charge in [0.2, 0.25) is 0 Å². The van der Waals surface area contributed by atoms with E-state index in [4.69, 9.17) is 0 Å². The zero-order valence-corrected chi connectivity index (χ0v) is 12.1. The summed E-state index contributed by atoms with van der Waals surface area (Å²) in [6, 6.07) is 2.01. The molecule has 0 amide bonds. The number of anilines is 2. The van der Waals surface area contributed by atoms with Crippen LogP contribution in [0.3, 0.4) is 0 Å². The number of aliphatic hydroxyl groups excluding tert-OH is 1. The van der Waals surface area contributed by atoms with Crippen molar-refractivity contribution in [1.82, 2.24) is 9.97 Å². The van der Waals surface area contributed by atoms with Crippen molar-refractivity contribution in [2.24, 2.45) is 0 Å². The quantitative estimate of drug-likeness (QED) is 0.871. The fourth-order valence-corrected chi connectivity index (χ4v) is 2.24. The van der Waals surface area contributed by atoms with Gasteiger partial charge < -0.3 is 15.3 Å². The first-order chi connectivity index (χ1) is 9.10. The molecule has 1 aromatic rings. The molecule has 0 atom stereocenters. The van der Waals surface area contributed by atoms with Gasteiger partial charge in [0, 0.05) is 31.6 Å². The molecule has 0 radical (unpaired) electrons. The smallest absolute Gasteiger partial charge is 0.135 e. The van der Waals surface area contributed by atoms with Crippen molar-refractivity contribution in [3.05, 3.63) is 11.9 Å². The number of piperidine rings is 1. The SMILES string of the molecule is CCNc1cc(N2CCC(O)CC2)nc(C(C)C)n1. The molecular weight excluding hydrogens is 240 g/mol. The van der Waals surface area contributed by atoms with Gasteiger partial charge in [0.15, 0.2) is 0 Å². The van der Waals surface area contributed by atoms with E-state index in [1.165, 1.54) is 0 Å². The van der Waals surface area contributed by atoms with Crippen LogP contribution in [0.2, 0.25) is 0 Å². The summed E-state index contributed by atoms with van der Waals surface area (Å²) in [5, 5.41) is 12.8. The lowest BCUT2D eigenvalue weighted by Gasteiger charge is -2.31. The number of aliphatic hydroxyl groups is 1. The molecule has 0 aromatic carbocycles. The molecule has 5 nitrogen and oxygen atoms in total. The van der Waals surface area contributed by atoms with Gasteiger partial charge in [-0.15, -0.1) is 0 Å². The van der Waals surface area contributed by atoms with E-state index < -0.39 is 0 Å². The Morgan fingerprint density at radius 3 is 2.63 bits per heavy atom. The van der Waals surface area contributed by atoms with E-state index in [-0.39, 0.29) is 6.10 Å². The molecule has 5 heteroatoms. The number of hydrogen-bond donors (Lipinski definition) is 2. The summed E-state index contributed by atoms with van der Waals surface area (Å²) in [6.07, 6.45) is 1.48. The summed E-state index contributed by atoms with van der Waals surface area (Å²) in [5.74, 6) is 3.05. The van der Waals surface area contributed by atoms with E-state index in [2.05, 4.69) is 41.0 Å². The second kappa shape index (κ2) is 6.19. The van der Waals surface area contributed by atoms with Crippen LogP contribution in [0.25, 0.3) is 0 Å². The standard InChI is InChI=1S/C14H24N4O/c1-4-15-12-9-13(17-14(16-12)10(2)3)18-7-5-11(19)6-8-18/h9-11,19H,4-8H2,1-3H3,(H,15,16,17). The fourth-order valence-electron chi connectivity index (χ4n) is 2.24. The minimum absolute atomic E-state index is 0.157. The maximum Gasteiger partial charge on any atom is 0.135 e. The highest BCUT2D eigenvalue weighted by atomic mass is 16.3. The Morgan fingerprint density at radius 1 is 1.37 bits per heavy atom. The molecule has 1 aromatic heterocycles. The van der Waals surface area contributed by atoms with Crippen LogP contribution in [-0.2, 0) is 0 Å².